The molecular formula is C31H37N5O8S2. The van der Waals surface area contributed by atoms with Crippen molar-refractivity contribution in [3.05, 3.63) is 78.1 Å². The molecule has 0 saturated carbocycles. The Morgan fingerprint density at radius 2 is 1.00 bits per heavy atom. The predicted octanol–water partition coefficient (Wildman–Crippen LogP) is 3.18. The van der Waals surface area contributed by atoms with Crippen LogP contribution in [0.15, 0.2) is 76.8 Å². The molecule has 3 heterocycles. The second kappa shape index (κ2) is 13.6. The third-order valence-corrected chi connectivity index (χ3v) is 11.3. The Bertz CT molecular complexity index is 1650. The minimum atomic E-state index is -3.77. The van der Waals surface area contributed by atoms with Crippen molar-refractivity contribution in [2.45, 2.75) is 61.9 Å². The summed E-state index contributed by atoms with van der Waals surface area (Å²) in [6, 6.07) is 12.7. The summed E-state index contributed by atoms with van der Waals surface area (Å²) in [6.45, 7) is 8.22. The first-order valence-electron chi connectivity index (χ1n) is 14.8. The van der Waals surface area contributed by atoms with Gasteiger partial charge in [0.25, 0.3) is 11.8 Å². The Morgan fingerprint density at radius 3 is 1.39 bits per heavy atom. The van der Waals surface area contributed by atoms with Crippen molar-refractivity contribution < 1.29 is 35.9 Å². The van der Waals surface area contributed by atoms with Crippen LogP contribution in [0.2, 0.25) is 0 Å². The molecule has 0 unspecified atom stereocenters. The number of anilines is 2. The van der Waals surface area contributed by atoms with E-state index in [0.29, 0.717) is 0 Å². The highest BCUT2D eigenvalue weighted by molar-refractivity contribution is 7.89. The molecule has 1 aromatic heterocycles. The van der Waals surface area contributed by atoms with Gasteiger partial charge in [-0.05, 0) is 82.3 Å². The molecule has 2 N–H and O–H groups in total. The van der Waals surface area contributed by atoms with Gasteiger partial charge in [-0.15, -0.1) is 0 Å². The van der Waals surface area contributed by atoms with Crippen LogP contribution >= 0.6 is 0 Å². The molecule has 5 rings (SSSR count). The van der Waals surface area contributed by atoms with Gasteiger partial charge < -0.3 is 20.1 Å². The second-order valence-corrected chi connectivity index (χ2v) is 15.4. The molecule has 15 heteroatoms. The number of hydrogen-bond donors (Lipinski definition) is 2. The molecule has 2 aliphatic rings. The fraction of sp³-hybridized carbons (Fsp3) is 0.387. The number of ether oxygens (including phenoxy) is 2. The summed E-state index contributed by atoms with van der Waals surface area (Å²) in [6.07, 6.45) is 1.87. The lowest BCUT2D eigenvalue weighted by atomic mass is 10.2. The topological polar surface area (TPSA) is 164 Å². The van der Waals surface area contributed by atoms with Gasteiger partial charge in [0.15, 0.2) is 0 Å². The lowest BCUT2D eigenvalue weighted by Gasteiger charge is -2.34. The van der Waals surface area contributed by atoms with Crippen molar-refractivity contribution in [1.29, 1.82) is 0 Å². The first-order valence-corrected chi connectivity index (χ1v) is 17.7. The average molecular weight is 672 g/mol. The number of morpholine rings is 2. The highest BCUT2D eigenvalue weighted by Crippen LogP contribution is 2.25. The Hall–Kier alpha value is -3.73. The van der Waals surface area contributed by atoms with Gasteiger partial charge in [0, 0.05) is 43.5 Å². The predicted molar refractivity (Wildman–Crippen MR) is 171 cm³/mol. The van der Waals surface area contributed by atoms with Crippen LogP contribution in [0.1, 0.15) is 48.4 Å². The van der Waals surface area contributed by atoms with Crippen LogP contribution in [0.3, 0.4) is 0 Å². The molecule has 13 nitrogen and oxygen atoms in total. The third kappa shape index (κ3) is 7.45. The number of amides is 2. The zero-order chi connectivity index (χ0) is 33.2. The number of hydrogen-bond acceptors (Lipinski definition) is 9. The van der Waals surface area contributed by atoms with Crippen LogP contribution in [0.5, 0.6) is 0 Å². The lowest BCUT2D eigenvalue weighted by molar-refractivity contribution is -0.0442. The normalized spacial score (nSPS) is 23.0. The van der Waals surface area contributed by atoms with Crippen LogP contribution in [-0.4, -0.2) is 92.8 Å². The van der Waals surface area contributed by atoms with E-state index in [1.165, 1.54) is 75.6 Å². The number of rotatable bonds is 8. The van der Waals surface area contributed by atoms with Gasteiger partial charge in [0.1, 0.15) is 0 Å². The lowest BCUT2D eigenvalue weighted by Crippen LogP contribution is -2.48. The first-order chi connectivity index (χ1) is 21.7. The van der Waals surface area contributed by atoms with Crippen molar-refractivity contribution in [3.63, 3.8) is 0 Å². The molecule has 2 fully saturated rings. The van der Waals surface area contributed by atoms with Gasteiger partial charge in [-0.1, -0.05) is 0 Å². The zero-order valence-electron chi connectivity index (χ0n) is 25.9. The number of benzene rings is 2. The Labute approximate surface area is 269 Å². The SMILES string of the molecule is C[C@@H]1CN(S(=O)(=O)c2ccc(C(=O)Nc3ccncc3NC(=O)c3ccc(S(=O)(=O)N4C[C@@H](C)O[C@@H](C)C4)cc3)cc2)C[C@H](C)O1. The van der Waals surface area contributed by atoms with E-state index < -0.39 is 31.9 Å². The molecule has 3 aromatic rings. The largest absolute Gasteiger partial charge is 0.373 e. The Balaban J connectivity index is 1.25. The van der Waals surface area contributed by atoms with Gasteiger partial charge in [-0.25, -0.2) is 16.8 Å². The van der Waals surface area contributed by atoms with Crippen LogP contribution < -0.4 is 10.6 Å². The molecule has 2 aliphatic heterocycles. The third-order valence-electron chi connectivity index (χ3n) is 7.60. The average Bonchev–Trinajstić information content (AvgIpc) is 3.01. The van der Waals surface area contributed by atoms with E-state index in [0.717, 1.165) is 0 Å². The molecule has 0 aliphatic carbocycles. The van der Waals surface area contributed by atoms with E-state index in [-0.39, 0.29) is 82.9 Å². The fourth-order valence-corrected chi connectivity index (χ4v) is 8.68. The van der Waals surface area contributed by atoms with Crippen LogP contribution in [0.25, 0.3) is 0 Å². The van der Waals surface area contributed by atoms with Crippen LogP contribution in [0, 0.1) is 0 Å². The van der Waals surface area contributed by atoms with Gasteiger partial charge in [0.2, 0.25) is 20.0 Å². The summed E-state index contributed by atoms with van der Waals surface area (Å²) in [5.74, 6) is -1.07. The number of pyridine rings is 1. The smallest absolute Gasteiger partial charge is 0.255 e. The molecule has 0 spiro atoms. The summed E-state index contributed by atoms with van der Waals surface area (Å²) < 4.78 is 66.7. The molecule has 2 aromatic carbocycles. The number of nitrogens with one attached hydrogen (secondary N) is 2. The second-order valence-electron chi connectivity index (χ2n) is 11.5. The van der Waals surface area contributed by atoms with Crippen molar-refractivity contribution in [2.24, 2.45) is 0 Å². The van der Waals surface area contributed by atoms with Gasteiger partial charge in [-0.2, -0.15) is 8.61 Å². The summed E-state index contributed by atoms with van der Waals surface area (Å²) in [7, 11) is -7.55. The van der Waals surface area contributed by atoms with Crippen LogP contribution in [-0.2, 0) is 29.5 Å². The Morgan fingerprint density at radius 1 is 0.630 bits per heavy atom. The molecular weight excluding hydrogens is 635 g/mol. The number of carbonyl (C=O) groups is 2. The van der Waals surface area contributed by atoms with Crippen molar-refractivity contribution in [2.75, 3.05) is 36.8 Å². The summed E-state index contributed by atoms with van der Waals surface area (Å²) in [4.78, 5) is 30.3. The fourth-order valence-electron chi connectivity index (χ4n) is 5.50. The molecule has 46 heavy (non-hydrogen) atoms. The highest BCUT2D eigenvalue weighted by atomic mass is 32.2. The molecule has 4 atom stereocenters. The minimum absolute atomic E-state index is 0.0626. The maximum absolute atomic E-state index is 13.2. The first kappa shape index (κ1) is 33.6. The van der Waals surface area contributed by atoms with Crippen molar-refractivity contribution in [3.8, 4) is 0 Å². The summed E-state index contributed by atoms with van der Waals surface area (Å²) in [5.41, 5.74) is 0.877. The Kier molecular flexibility index (Phi) is 9.91. The molecule has 2 saturated heterocycles. The monoisotopic (exact) mass is 671 g/mol. The molecule has 2 amide bonds. The van der Waals surface area contributed by atoms with Crippen LogP contribution in [0.4, 0.5) is 11.4 Å². The van der Waals surface area contributed by atoms with Crippen molar-refractivity contribution >= 4 is 43.2 Å². The summed E-state index contributed by atoms with van der Waals surface area (Å²) in [5, 5.41) is 5.43. The molecule has 246 valence electrons. The maximum atomic E-state index is 13.2. The quantitative estimate of drug-likeness (QED) is 0.366. The van der Waals surface area contributed by atoms with E-state index in [9.17, 15) is 26.4 Å². The molecule has 0 radical (unpaired) electrons. The minimum Gasteiger partial charge on any atom is -0.373 e. The van der Waals surface area contributed by atoms with Gasteiger partial charge >= 0.3 is 0 Å². The number of aromatic nitrogens is 1. The summed E-state index contributed by atoms with van der Waals surface area (Å²) >= 11 is 0. The van der Waals surface area contributed by atoms with Gasteiger partial charge in [0.05, 0.1) is 51.8 Å². The molecule has 0 bridgehead atoms. The van der Waals surface area contributed by atoms with E-state index in [1.54, 1.807) is 0 Å². The van der Waals surface area contributed by atoms with Crippen molar-refractivity contribution in [1.82, 2.24) is 13.6 Å². The maximum Gasteiger partial charge on any atom is 0.255 e. The van der Waals surface area contributed by atoms with E-state index in [2.05, 4.69) is 15.6 Å². The van der Waals surface area contributed by atoms with E-state index in [1.807, 2.05) is 27.7 Å². The standard InChI is InChI=1S/C31H37N5O8S2/c1-20-16-35(17-21(2)43-20)45(39,40)26-9-5-24(6-10-26)30(37)33-28-13-14-32-15-29(28)34-31(38)25-7-11-27(12-8-25)46(41,42)36-18-22(3)44-23(4)19-36/h5-15,20-23H,16-19H2,1-4H3,(H,34,38)(H,32,33,37)/t20-,21+,22-,23+. The number of nitrogens with zero attached hydrogens (tertiary/aromatic N) is 3. The van der Waals surface area contributed by atoms with E-state index >= 15 is 0 Å². The van der Waals surface area contributed by atoms with E-state index in [4.69, 9.17) is 9.47 Å². The number of sulfonamides is 2. The van der Waals surface area contributed by atoms with Gasteiger partial charge in [-0.3, -0.25) is 14.6 Å². The zero-order valence-corrected chi connectivity index (χ0v) is 27.5. The number of carbonyl (C=O) groups excluding carboxylic acids is 2. The highest BCUT2D eigenvalue weighted by Gasteiger charge is 2.33.